The van der Waals surface area contributed by atoms with E-state index in [0.29, 0.717) is 16.3 Å². The van der Waals surface area contributed by atoms with Gasteiger partial charge in [-0.3, -0.25) is 24.5 Å². The molecular formula is C22H19ClN4O5. The standard InChI is InChI=1S/C22H19ClN4O5/c1-32-15-7-6-10(23)8-14(15)27-19(29)17-13(9-16(24)28)26-22(18(17)20(27)30)11-4-2-3-5-12(11)25-21(22)31/h2-8,13,17-18,26H,9H2,1H3,(H2,24,28)(H,25,31)/t13-,17+,18+,22+/m0/s1. The fraction of sp³-hybridized carbons (Fsp3) is 0.273. The molecule has 2 aromatic rings. The minimum Gasteiger partial charge on any atom is -0.495 e. The number of hydrogen-bond acceptors (Lipinski definition) is 6. The second kappa shape index (κ2) is 7.04. The van der Waals surface area contributed by atoms with Gasteiger partial charge in [-0.2, -0.15) is 0 Å². The average molecular weight is 455 g/mol. The topological polar surface area (TPSA) is 131 Å². The molecule has 4 N–H and O–H groups in total. The van der Waals surface area contributed by atoms with E-state index >= 15 is 0 Å². The Morgan fingerprint density at radius 1 is 1.19 bits per heavy atom. The Morgan fingerprint density at radius 3 is 2.66 bits per heavy atom. The van der Waals surface area contributed by atoms with Crippen molar-refractivity contribution in [1.29, 1.82) is 0 Å². The Bertz CT molecular complexity index is 1200. The Hall–Kier alpha value is -3.43. The number of rotatable bonds is 4. The number of amides is 4. The monoisotopic (exact) mass is 454 g/mol. The maximum Gasteiger partial charge on any atom is 0.250 e. The number of carbonyl (C=O) groups is 4. The van der Waals surface area contributed by atoms with Crippen molar-refractivity contribution in [3.05, 3.63) is 53.1 Å². The van der Waals surface area contributed by atoms with E-state index in [0.717, 1.165) is 4.90 Å². The van der Waals surface area contributed by atoms with Gasteiger partial charge in [0.05, 0.1) is 24.6 Å². The number of ether oxygens (including phenoxy) is 1. The van der Waals surface area contributed by atoms with E-state index in [1.54, 1.807) is 36.4 Å². The van der Waals surface area contributed by atoms with Gasteiger partial charge in [0.1, 0.15) is 11.3 Å². The first-order valence-corrected chi connectivity index (χ1v) is 10.4. The van der Waals surface area contributed by atoms with Gasteiger partial charge in [-0.05, 0) is 24.3 Å². The number of carbonyl (C=O) groups excluding carboxylic acids is 4. The van der Waals surface area contributed by atoms with Crippen molar-refractivity contribution in [3.63, 3.8) is 0 Å². The summed E-state index contributed by atoms with van der Waals surface area (Å²) in [6, 6.07) is 10.7. The summed E-state index contributed by atoms with van der Waals surface area (Å²) in [4.78, 5) is 53.5. The largest absolute Gasteiger partial charge is 0.495 e. The molecular weight excluding hydrogens is 436 g/mol. The fourth-order valence-corrected chi connectivity index (χ4v) is 5.39. The van der Waals surface area contributed by atoms with Gasteiger partial charge in [0, 0.05) is 28.7 Å². The number of hydrogen-bond donors (Lipinski definition) is 3. The van der Waals surface area contributed by atoms with Crippen LogP contribution < -0.4 is 26.0 Å². The number of imide groups is 1. The number of primary amides is 1. The van der Waals surface area contributed by atoms with Crippen molar-refractivity contribution in [1.82, 2.24) is 5.32 Å². The lowest BCUT2D eigenvalue weighted by Gasteiger charge is -2.29. The number of nitrogens with zero attached hydrogens (tertiary/aromatic N) is 1. The number of anilines is 2. The number of halogens is 1. The quantitative estimate of drug-likeness (QED) is 0.594. The molecule has 10 heteroatoms. The van der Waals surface area contributed by atoms with Crippen molar-refractivity contribution in [2.24, 2.45) is 17.6 Å². The first-order chi connectivity index (χ1) is 15.3. The van der Waals surface area contributed by atoms with Crippen LogP contribution in [0.5, 0.6) is 5.75 Å². The third kappa shape index (κ3) is 2.61. The summed E-state index contributed by atoms with van der Waals surface area (Å²) in [5.41, 5.74) is 5.21. The molecule has 0 aliphatic carbocycles. The van der Waals surface area contributed by atoms with Crippen LogP contribution in [0.1, 0.15) is 12.0 Å². The summed E-state index contributed by atoms with van der Waals surface area (Å²) in [7, 11) is 1.41. The third-order valence-corrected chi connectivity index (χ3v) is 6.66. The van der Waals surface area contributed by atoms with E-state index in [4.69, 9.17) is 22.1 Å². The molecule has 3 heterocycles. The van der Waals surface area contributed by atoms with Crippen LogP contribution in [0.25, 0.3) is 0 Å². The molecule has 4 amide bonds. The molecule has 164 valence electrons. The lowest BCUT2D eigenvalue weighted by Crippen LogP contribution is -2.53. The zero-order valence-electron chi connectivity index (χ0n) is 16.9. The van der Waals surface area contributed by atoms with Crippen LogP contribution in [0.15, 0.2) is 42.5 Å². The van der Waals surface area contributed by atoms with Crippen molar-refractivity contribution >= 4 is 46.6 Å². The molecule has 0 radical (unpaired) electrons. The molecule has 3 aliphatic rings. The van der Waals surface area contributed by atoms with Crippen LogP contribution in [0, 0.1) is 11.8 Å². The highest BCUT2D eigenvalue weighted by Crippen LogP contribution is 2.54. The highest BCUT2D eigenvalue weighted by molar-refractivity contribution is 6.32. The van der Waals surface area contributed by atoms with Gasteiger partial charge < -0.3 is 15.8 Å². The molecule has 5 rings (SSSR count). The van der Waals surface area contributed by atoms with E-state index in [9.17, 15) is 19.2 Å². The molecule has 0 bridgehead atoms. The number of nitrogens with one attached hydrogen (secondary N) is 2. The summed E-state index contributed by atoms with van der Waals surface area (Å²) in [5, 5.41) is 6.24. The maximum absolute atomic E-state index is 13.8. The van der Waals surface area contributed by atoms with E-state index in [2.05, 4.69) is 10.6 Å². The Labute approximate surface area is 187 Å². The van der Waals surface area contributed by atoms with Gasteiger partial charge in [0.15, 0.2) is 0 Å². The second-order valence-corrected chi connectivity index (χ2v) is 8.50. The first kappa shape index (κ1) is 20.5. The van der Waals surface area contributed by atoms with Crippen LogP contribution in [0.3, 0.4) is 0 Å². The van der Waals surface area contributed by atoms with Crippen molar-refractivity contribution in [2.45, 2.75) is 18.0 Å². The van der Waals surface area contributed by atoms with Crippen LogP contribution in [0.2, 0.25) is 5.02 Å². The molecule has 0 unspecified atom stereocenters. The minimum absolute atomic E-state index is 0.184. The SMILES string of the molecule is COc1ccc(Cl)cc1N1C(=O)[C@@H]2[C@H](CC(N)=O)N[C@@]3(C(=O)Nc4ccccc43)[C@H]2C1=O. The smallest absolute Gasteiger partial charge is 0.250 e. The summed E-state index contributed by atoms with van der Waals surface area (Å²) in [5.74, 6) is -4.01. The van der Waals surface area contributed by atoms with Crippen molar-refractivity contribution < 1.29 is 23.9 Å². The van der Waals surface area contributed by atoms with Gasteiger partial charge in [-0.15, -0.1) is 0 Å². The van der Waals surface area contributed by atoms with Gasteiger partial charge >= 0.3 is 0 Å². The highest BCUT2D eigenvalue weighted by Gasteiger charge is 2.70. The number of benzene rings is 2. The number of nitrogens with two attached hydrogens (primary N) is 1. The number of methoxy groups -OCH3 is 1. The number of fused-ring (bicyclic) bond motifs is 4. The van der Waals surface area contributed by atoms with E-state index in [-0.39, 0.29) is 17.9 Å². The lowest BCUT2D eigenvalue weighted by atomic mass is 9.76. The number of para-hydroxylation sites is 1. The van der Waals surface area contributed by atoms with Gasteiger partial charge in [-0.1, -0.05) is 29.8 Å². The second-order valence-electron chi connectivity index (χ2n) is 8.06. The normalized spacial score (nSPS) is 28.1. The third-order valence-electron chi connectivity index (χ3n) is 6.43. The first-order valence-electron chi connectivity index (χ1n) is 9.98. The van der Waals surface area contributed by atoms with Crippen LogP contribution in [-0.4, -0.2) is 36.8 Å². The Kier molecular flexibility index (Phi) is 4.51. The Morgan fingerprint density at radius 2 is 1.94 bits per heavy atom. The molecule has 9 nitrogen and oxygen atoms in total. The molecule has 2 saturated heterocycles. The van der Waals surface area contributed by atoms with Crippen molar-refractivity contribution in [2.75, 3.05) is 17.3 Å². The molecule has 2 aromatic carbocycles. The van der Waals surface area contributed by atoms with Gasteiger partial charge in [-0.25, -0.2) is 4.90 Å². The summed E-state index contributed by atoms with van der Waals surface area (Å²) < 4.78 is 5.34. The molecule has 2 fully saturated rings. The van der Waals surface area contributed by atoms with E-state index < -0.39 is 47.0 Å². The minimum atomic E-state index is -1.51. The molecule has 3 aliphatic heterocycles. The predicted molar refractivity (Wildman–Crippen MR) is 115 cm³/mol. The van der Waals surface area contributed by atoms with E-state index in [1.807, 2.05) is 0 Å². The molecule has 4 atom stereocenters. The molecule has 1 spiro atoms. The zero-order valence-corrected chi connectivity index (χ0v) is 17.7. The van der Waals surface area contributed by atoms with E-state index in [1.165, 1.54) is 13.2 Å². The summed E-state index contributed by atoms with van der Waals surface area (Å²) in [6.45, 7) is 0. The molecule has 0 saturated carbocycles. The highest BCUT2D eigenvalue weighted by atomic mass is 35.5. The lowest BCUT2D eigenvalue weighted by molar-refractivity contribution is -0.130. The van der Waals surface area contributed by atoms with Gasteiger partial charge in [0.25, 0.3) is 0 Å². The van der Waals surface area contributed by atoms with Crippen LogP contribution in [0.4, 0.5) is 11.4 Å². The summed E-state index contributed by atoms with van der Waals surface area (Å²) >= 11 is 6.13. The zero-order chi connectivity index (χ0) is 22.8. The molecule has 32 heavy (non-hydrogen) atoms. The Balaban J connectivity index is 1.69. The molecule has 0 aromatic heterocycles. The van der Waals surface area contributed by atoms with Gasteiger partial charge in [0.2, 0.25) is 23.6 Å². The van der Waals surface area contributed by atoms with Crippen LogP contribution >= 0.6 is 11.6 Å². The fourth-order valence-electron chi connectivity index (χ4n) is 5.23. The summed E-state index contributed by atoms with van der Waals surface area (Å²) in [6.07, 6.45) is -0.210. The van der Waals surface area contributed by atoms with Crippen LogP contribution in [-0.2, 0) is 24.7 Å². The van der Waals surface area contributed by atoms with Crippen molar-refractivity contribution in [3.8, 4) is 5.75 Å². The maximum atomic E-state index is 13.8. The average Bonchev–Trinajstić information content (AvgIpc) is 3.32. The predicted octanol–water partition coefficient (Wildman–Crippen LogP) is 1.15.